The number of hydrogen-bond donors (Lipinski definition) is 2. The van der Waals surface area contributed by atoms with Gasteiger partial charge in [-0.05, 0) is 42.8 Å². The maximum Gasteiger partial charge on any atom is 0.255 e. The maximum absolute atomic E-state index is 12.2. The number of aryl methyl sites for hydroxylation is 1. The van der Waals surface area contributed by atoms with Gasteiger partial charge in [-0.1, -0.05) is 18.2 Å². The van der Waals surface area contributed by atoms with Crippen LogP contribution in [0.1, 0.15) is 15.9 Å². The van der Waals surface area contributed by atoms with Crippen LogP contribution in [0, 0.1) is 6.92 Å². The van der Waals surface area contributed by atoms with Crippen LogP contribution >= 0.6 is 0 Å². The normalized spacial score (nSPS) is 10.3. The number of imidazole rings is 1. The van der Waals surface area contributed by atoms with E-state index in [1.54, 1.807) is 12.4 Å². The number of anilines is 1. The van der Waals surface area contributed by atoms with Crippen molar-refractivity contribution in [1.29, 1.82) is 0 Å². The van der Waals surface area contributed by atoms with E-state index in [4.69, 9.17) is 0 Å². The zero-order chi connectivity index (χ0) is 14.7. The Bertz CT molecular complexity index is 746. The highest BCUT2D eigenvalue weighted by Gasteiger charge is 2.08. The number of benzene rings is 2. The van der Waals surface area contributed by atoms with Crippen LogP contribution in [0.5, 0.6) is 0 Å². The molecule has 3 rings (SSSR count). The van der Waals surface area contributed by atoms with Crippen LogP contribution in [-0.2, 0) is 0 Å². The fourth-order valence-corrected chi connectivity index (χ4v) is 2.16. The van der Waals surface area contributed by atoms with Crippen molar-refractivity contribution >= 4 is 11.6 Å². The van der Waals surface area contributed by atoms with Crippen LogP contribution in [-0.4, -0.2) is 15.9 Å². The van der Waals surface area contributed by atoms with Crippen molar-refractivity contribution < 1.29 is 4.79 Å². The lowest BCUT2D eigenvalue weighted by Gasteiger charge is -2.08. The Labute approximate surface area is 122 Å². The molecular formula is C17H15N3O. The lowest BCUT2D eigenvalue weighted by Crippen LogP contribution is -2.13. The molecule has 2 aromatic carbocycles. The smallest absolute Gasteiger partial charge is 0.255 e. The Kier molecular flexibility index (Phi) is 3.51. The number of carbonyl (C=O) groups is 1. The van der Waals surface area contributed by atoms with Gasteiger partial charge in [0.1, 0.15) is 5.82 Å². The molecule has 1 heterocycles. The zero-order valence-electron chi connectivity index (χ0n) is 11.6. The van der Waals surface area contributed by atoms with Gasteiger partial charge in [0.15, 0.2) is 0 Å². The summed E-state index contributed by atoms with van der Waals surface area (Å²) < 4.78 is 0. The molecule has 0 aliphatic heterocycles. The molecule has 0 aliphatic rings. The fraction of sp³-hybridized carbons (Fsp3) is 0.0588. The number of amides is 1. The van der Waals surface area contributed by atoms with Crippen LogP contribution in [0.15, 0.2) is 60.9 Å². The van der Waals surface area contributed by atoms with Gasteiger partial charge in [0.05, 0.1) is 0 Å². The molecule has 1 amide bonds. The Balaban J connectivity index is 1.77. The minimum atomic E-state index is -0.0983. The number of carbonyl (C=O) groups excluding carboxylic acids is 1. The Morgan fingerprint density at radius 2 is 1.86 bits per heavy atom. The molecule has 2 N–H and O–H groups in total. The van der Waals surface area contributed by atoms with E-state index < -0.39 is 0 Å². The number of nitrogens with one attached hydrogen (secondary N) is 2. The molecule has 0 unspecified atom stereocenters. The number of nitrogens with zero attached hydrogens (tertiary/aromatic N) is 1. The first-order chi connectivity index (χ1) is 10.2. The summed E-state index contributed by atoms with van der Waals surface area (Å²) in [5.41, 5.74) is 3.39. The highest BCUT2D eigenvalue weighted by atomic mass is 16.1. The highest BCUT2D eigenvalue weighted by Crippen LogP contribution is 2.18. The third-order valence-corrected chi connectivity index (χ3v) is 3.30. The molecule has 4 heteroatoms. The quantitative estimate of drug-likeness (QED) is 0.768. The van der Waals surface area contributed by atoms with E-state index >= 15 is 0 Å². The largest absolute Gasteiger partial charge is 0.345 e. The van der Waals surface area contributed by atoms with Gasteiger partial charge in [0.25, 0.3) is 5.91 Å². The van der Waals surface area contributed by atoms with Crippen molar-refractivity contribution in [1.82, 2.24) is 9.97 Å². The molecule has 21 heavy (non-hydrogen) atoms. The van der Waals surface area contributed by atoms with Crippen LogP contribution in [0.25, 0.3) is 11.4 Å². The van der Waals surface area contributed by atoms with E-state index in [2.05, 4.69) is 15.3 Å². The van der Waals surface area contributed by atoms with Crippen molar-refractivity contribution in [2.75, 3.05) is 5.32 Å². The Morgan fingerprint density at radius 1 is 1.10 bits per heavy atom. The molecule has 0 spiro atoms. The molecule has 0 radical (unpaired) electrons. The van der Waals surface area contributed by atoms with Crippen molar-refractivity contribution in [2.24, 2.45) is 0 Å². The first-order valence-corrected chi connectivity index (χ1v) is 6.71. The zero-order valence-corrected chi connectivity index (χ0v) is 11.6. The van der Waals surface area contributed by atoms with Gasteiger partial charge < -0.3 is 10.3 Å². The fourth-order valence-electron chi connectivity index (χ4n) is 2.16. The van der Waals surface area contributed by atoms with E-state index in [-0.39, 0.29) is 5.91 Å². The van der Waals surface area contributed by atoms with Crippen LogP contribution in [0.2, 0.25) is 0 Å². The summed E-state index contributed by atoms with van der Waals surface area (Å²) in [5, 5.41) is 2.90. The molecule has 0 atom stereocenters. The van der Waals surface area contributed by atoms with Crippen molar-refractivity contribution in [3.05, 3.63) is 72.1 Å². The van der Waals surface area contributed by atoms with Crippen molar-refractivity contribution in [2.45, 2.75) is 6.92 Å². The van der Waals surface area contributed by atoms with Gasteiger partial charge in [-0.15, -0.1) is 0 Å². The minimum absolute atomic E-state index is 0.0983. The standard InChI is InChI=1S/C17H15N3O/c1-12-4-2-3-5-15(12)17(21)20-14-8-6-13(7-9-14)16-18-10-11-19-16/h2-11H,1H3,(H,18,19)(H,20,21). The molecular weight excluding hydrogens is 262 g/mol. The Morgan fingerprint density at radius 3 is 2.52 bits per heavy atom. The molecule has 104 valence electrons. The summed E-state index contributed by atoms with van der Waals surface area (Å²) in [5.74, 6) is 0.714. The molecule has 1 aromatic heterocycles. The monoisotopic (exact) mass is 277 g/mol. The van der Waals surface area contributed by atoms with Crippen LogP contribution in [0.4, 0.5) is 5.69 Å². The molecule has 4 nitrogen and oxygen atoms in total. The Hall–Kier alpha value is -2.88. The minimum Gasteiger partial charge on any atom is -0.345 e. The second-order valence-electron chi connectivity index (χ2n) is 4.78. The van der Waals surface area contributed by atoms with Crippen molar-refractivity contribution in [3.8, 4) is 11.4 Å². The number of hydrogen-bond acceptors (Lipinski definition) is 2. The molecule has 0 bridgehead atoms. The highest BCUT2D eigenvalue weighted by molar-refractivity contribution is 6.05. The number of aromatic nitrogens is 2. The first kappa shape index (κ1) is 13.1. The molecule has 0 fully saturated rings. The average Bonchev–Trinajstić information content (AvgIpc) is 3.02. The van der Waals surface area contributed by atoms with Gasteiger partial charge in [-0.3, -0.25) is 4.79 Å². The predicted octanol–water partition coefficient (Wildman–Crippen LogP) is 3.64. The van der Waals surface area contributed by atoms with Crippen LogP contribution in [0.3, 0.4) is 0 Å². The van der Waals surface area contributed by atoms with Gasteiger partial charge >= 0.3 is 0 Å². The second-order valence-corrected chi connectivity index (χ2v) is 4.78. The van der Waals surface area contributed by atoms with E-state index in [1.165, 1.54) is 0 Å². The predicted molar refractivity (Wildman–Crippen MR) is 83.2 cm³/mol. The average molecular weight is 277 g/mol. The lowest BCUT2D eigenvalue weighted by atomic mass is 10.1. The van der Waals surface area contributed by atoms with Crippen molar-refractivity contribution in [3.63, 3.8) is 0 Å². The van der Waals surface area contributed by atoms with Gasteiger partial charge in [0.2, 0.25) is 0 Å². The lowest BCUT2D eigenvalue weighted by molar-refractivity contribution is 0.102. The van der Waals surface area contributed by atoms with Gasteiger partial charge in [-0.25, -0.2) is 4.98 Å². The third-order valence-electron chi connectivity index (χ3n) is 3.30. The molecule has 0 saturated heterocycles. The van der Waals surface area contributed by atoms with E-state index in [0.29, 0.717) is 5.56 Å². The van der Waals surface area contributed by atoms with Gasteiger partial charge in [0, 0.05) is 29.2 Å². The van der Waals surface area contributed by atoms with Crippen LogP contribution < -0.4 is 5.32 Å². The summed E-state index contributed by atoms with van der Waals surface area (Å²) in [6, 6.07) is 15.1. The maximum atomic E-state index is 12.2. The number of rotatable bonds is 3. The van der Waals surface area contributed by atoms with E-state index in [1.807, 2.05) is 55.5 Å². The van der Waals surface area contributed by atoms with E-state index in [9.17, 15) is 4.79 Å². The summed E-state index contributed by atoms with van der Waals surface area (Å²) in [6.45, 7) is 1.93. The summed E-state index contributed by atoms with van der Waals surface area (Å²) >= 11 is 0. The summed E-state index contributed by atoms with van der Waals surface area (Å²) in [4.78, 5) is 19.5. The summed E-state index contributed by atoms with van der Waals surface area (Å²) in [6.07, 6.45) is 3.49. The van der Waals surface area contributed by atoms with Gasteiger partial charge in [-0.2, -0.15) is 0 Å². The van der Waals surface area contributed by atoms with E-state index in [0.717, 1.165) is 22.6 Å². The number of H-pyrrole nitrogens is 1. The SMILES string of the molecule is Cc1ccccc1C(=O)Nc1ccc(-c2ncc[nH]2)cc1. The summed E-state index contributed by atoms with van der Waals surface area (Å²) in [7, 11) is 0. The third kappa shape index (κ3) is 2.84. The first-order valence-electron chi connectivity index (χ1n) is 6.71. The molecule has 0 saturated carbocycles. The second kappa shape index (κ2) is 5.63. The molecule has 3 aromatic rings. The molecule has 0 aliphatic carbocycles. The number of aromatic amines is 1. The topological polar surface area (TPSA) is 57.8 Å².